The van der Waals surface area contributed by atoms with Gasteiger partial charge in [0.1, 0.15) is 0 Å². The maximum absolute atomic E-state index is 12.8. The Morgan fingerprint density at radius 1 is 1.28 bits per heavy atom. The molecule has 1 aromatic carbocycles. The second kappa shape index (κ2) is 7.93. The quantitative estimate of drug-likeness (QED) is 0.858. The third-order valence-corrected chi connectivity index (χ3v) is 6.87. The van der Waals surface area contributed by atoms with E-state index in [0.29, 0.717) is 24.2 Å². The fraction of sp³-hybridized carbons (Fsp3) is 0.588. The number of nitrogens with one attached hydrogen (secondary N) is 1. The van der Waals surface area contributed by atoms with Gasteiger partial charge in [-0.05, 0) is 63.0 Å². The van der Waals surface area contributed by atoms with Crippen LogP contribution in [0.25, 0.3) is 0 Å². The first-order valence-corrected chi connectivity index (χ1v) is 10.1. The number of nitrogens with zero attached hydrogens (tertiary/aromatic N) is 2. The summed E-state index contributed by atoms with van der Waals surface area (Å²) >= 11 is 0. The van der Waals surface area contributed by atoms with Gasteiger partial charge < -0.3 is 10.2 Å². The largest absolute Gasteiger partial charge is 0.339 e. The molecule has 2 aliphatic heterocycles. The molecule has 140 valence electrons. The van der Waals surface area contributed by atoms with Gasteiger partial charge in [-0.2, -0.15) is 0 Å². The van der Waals surface area contributed by atoms with Crippen LogP contribution in [0.2, 0.25) is 0 Å². The van der Waals surface area contributed by atoms with E-state index in [2.05, 4.69) is 5.32 Å². The van der Waals surface area contributed by atoms with Crippen LogP contribution in [-0.2, 0) is 10.0 Å². The third-order valence-electron chi connectivity index (χ3n) is 5.00. The molecule has 2 fully saturated rings. The third kappa shape index (κ3) is 4.10. The molecule has 3 rings (SSSR count). The molecule has 2 saturated heterocycles. The van der Waals surface area contributed by atoms with E-state index in [0.717, 1.165) is 31.5 Å². The number of hydrogen-bond acceptors (Lipinski definition) is 4. The summed E-state index contributed by atoms with van der Waals surface area (Å²) in [5, 5.41) is 3.31. The van der Waals surface area contributed by atoms with Crippen LogP contribution >= 0.6 is 12.4 Å². The monoisotopic (exact) mass is 387 g/mol. The predicted octanol–water partition coefficient (Wildman–Crippen LogP) is 1.78. The van der Waals surface area contributed by atoms with Crippen molar-refractivity contribution in [3.8, 4) is 0 Å². The van der Waals surface area contributed by atoms with E-state index in [1.807, 2.05) is 24.9 Å². The van der Waals surface area contributed by atoms with E-state index in [1.165, 1.54) is 4.31 Å². The lowest BCUT2D eigenvalue weighted by Gasteiger charge is -2.32. The highest BCUT2D eigenvalue weighted by atomic mass is 35.5. The van der Waals surface area contributed by atoms with Gasteiger partial charge in [-0.25, -0.2) is 8.42 Å². The van der Waals surface area contributed by atoms with Crippen LogP contribution in [-0.4, -0.2) is 57.7 Å². The van der Waals surface area contributed by atoms with Gasteiger partial charge in [-0.15, -0.1) is 12.4 Å². The summed E-state index contributed by atoms with van der Waals surface area (Å²) in [5.41, 5.74) is 2.13. The van der Waals surface area contributed by atoms with Gasteiger partial charge >= 0.3 is 0 Å². The molecule has 0 radical (unpaired) electrons. The van der Waals surface area contributed by atoms with Gasteiger partial charge in [-0.3, -0.25) is 9.10 Å². The molecule has 0 bridgehead atoms. The van der Waals surface area contributed by atoms with Gasteiger partial charge in [0, 0.05) is 25.2 Å². The number of amides is 1. The number of carbonyl (C=O) groups excluding carboxylic acids is 1. The van der Waals surface area contributed by atoms with Gasteiger partial charge in [0.15, 0.2) is 0 Å². The summed E-state index contributed by atoms with van der Waals surface area (Å²) in [7, 11) is -1.33. The SMILES string of the molecule is Cc1cc(N2CCCS2(=O)=O)ccc1C(=O)N(C)C1CCNCC1.Cl. The van der Waals surface area contributed by atoms with E-state index in [9.17, 15) is 13.2 Å². The first kappa shape index (κ1) is 20.0. The minimum atomic E-state index is -3.19. The zero-order valence-corrected chi connectivity index (χ0v) is 16.3. The summed E-state index contributed by atoms with van der Waals surface area (Å²) in [4.78, 5) is 14.6. The fourth-order valence-corrected chi connectivity index (χ4v) is 5.08. The summed E-state index contributed by atoms with van der Waals surface area (Å²) in [6, 6.07) is 5.58. The molecule has 1 amide bonds. The Labute approximate surface area is 156 Å². The number of piperidine rings is 1. The molecule has 0 atom stereocenters. The van der Waals surface area contributed by atoms with Crippen LogP contribution in [0.4, 0.5) is 5.69 Å². The number of rotatable bonds is 3. The predicted molar refractivity (Wildman–Crippen MR) is 102 cm³/mol. The molecule has 2 aliphatic rings. The molecular formula is C17H26ClN3O3S. The normalized spacial score (nSPS) is 20.2. The molecule has 0 spiro atoms. The second-order valence-electron chi connectivity index (χ2n) is 6.64. The first-order chi connectivity index (χ1) is 11.4. The Kier molecular flexibility index (Phi) is 6.35. The van der Waals surface area contributed by atoms with Crippen LogP contribution in [0.15, 0.2) is 18.2 Å². The first-order valence-electron chi connectivity index (χ1n) is 8.49. The average Bonchev–Trinajstić information content (AvgIpc) is 2.93. The number of hydrogen-bond donors (Lipinski definition) is 1. The zero-order chi connectivity index (χ0) is 17.3. The molecule has 2 heterocycles. The molecule has 6 nitrogen and oxygen atoms in total. The van der Waals surface area contributed by atoms with Gasteiger partial charge in [0.2, 0.25) is 10.0 Å². The van der Waals surface area contributed by atoms with E-state index >= 15 is 0 Å². The number of aryl methyl sites for hydroxylation is 1. The summed E-state index contributed by atoms with van der Waals surface area (Å²) in [5.74, 6) is 0.209. The topological polar surface area (TPSA) is 69.7 Å². The van der Waals surface area contributed by atoms with Crippen LogP contribution in [0.5, 0.6) is 0 Å². The van der Waals surface area contributed by atoms with E-state index in [-0.39, 0.29) is 30.1 Å². The summed E-state index contributed by atoms with van der Waals surface area (Å²) in [6.45, 7) is 4.26. The number of carbonyl (C=O) groups is 1. The fourth-order valence-electron chi connectivity index (χ4n) is 3.52. The van der Waals surface area contributed by atoms with Gasteiger partial charge in [-0.1, -0.05) is 0 Å². The number of anilines is 1. The maximum atomic E-state index is 12.8. The molecule has 0 saturated carbocycles. The van der Waals surface area contributed by atoms with E-state index < -0.39 is 10.0 Å². The Morgan fingerprint density at radius 3 is 2.52 bits per heavy atom. The molecular weight excluding hydrogens is 362 g/mol. The van der Waals surface area contributed by atoms with Crippen molar-refractivity contribution in [3.05, 3.63) is 29.3 Å². The summed E-state index contributed by atoms with van der Waals surface area (Å²) in [6.07, 6.45) is 2.58. The molecule has 1 N–H and O–H groups in total. The van der Waals surface area contributed by atoms with Crippen molar-refractivity contribution < 1.29 is 13.2 Å². The lowest BCUT2D eigenvalue weighted by Crippen LogP contribution is -2.44. The Morgan fingerprint density at radius 2 is 1.96 bits per heavy atom. The van der Waals surface area contributed by atoms with E-state index in [4.69, 9.17) is 0 Å². The van der Waals surface area contributed by atoms with Crippen LogP contribution in [0.1, 0.15) is 35.2 Å². The molecule has 8 heteroatoms. The molecule has 1 aromatic rings. The Hall–Kier alpha value is -1.31. The average molecular weight is 388 g/mol. The van der Waals surface area contributed by atoms with Crippen molar-refractivity contribution in [1.82, 2.24) is 10.2 Å². The van der Waals surface area contributed by atoms with Gasteiger partial charge in [0.25, 0.3) is 5.91 Å². The highest BCUT2D eigenvalue weighted by molar-refractivity contribution is 7.93. The zero-order valence-electron chi connectivity index (χ0n) is 14.7. The standard InChI is InChI=1S/C17H25N3O3S.ClH/c1-13-12-15(20-10-3-11-24(20,22)23)4-5-16(13)17(21)19(2)14-6-8-18-9-7-14;/h4-5,12,14,18H,3,6-11H2,1-2H3;1H. The molecule has 0 unspecified atom stereocenters. The minimum Gasteiger partial charge on any atom is -0.339 e. The second-order valence-corrected chi connectivity index (χ2v) is 8.65. The number of halogens is 1. The maximum Gasteiger partial charge on any atom is 0.254 e. The molecule has 0 aliphatic carbocycles. The molecule has 0 aromatic heterocycles. The Balaban J connectivity index is 0.00000225. The lowest BCUT2D eigenvalue weighted by atomic mass is 10.0. The number of benzene rings is 1. The van der Waals surface area contributed by atoms with E-state index in [1.54, 1.807) is 12.1 Å². The van der Waals surface area contributed by atoms with Crippen LogP contribution in [0, 0.1) is 6.92 Å². The highest BCUT2D eigenvalue weighted by Gasteiger charge is 2.29. The Bertz CT molecular complexity index is 733. The highest BCUT2D eigenvalue weighted by Crippen LogP contribution is 2.27. The minimum absolute atomic E-state index is 0. The van der Waals surface area contributed by atoms with Crippen molar-refractivity contribution in [2.24, 2.45) is 0 Å². The van der Waals surface area contributed by atoms with Crippen molar-refractivity contribution in [2.75, 3.05) is 36.7 Å². The van der Waals surface area contributed by atoms with Crippen molar-refractivity contribution in [2.45, 2.75) is 32.2 Å². The smallest absolute Gasteiger partial charge is 0.254 e. The van der Waals surface area contributed by atoms with Crippen LogP contribution < -0.4 is 9.62 Å². The molecule has 25 heavy (non-hydrogen) atoms. The lowest BCUT2D eigenvalue weighted by molar-refractivity contribution is 0.0702. The number of sulfonamides is 1. The summed E-state index contributed by atoms with van der Waals surface area (Å²) < 4.78 is 25.6. The van der Waals surface area contributed by atoms with Gasteiger partial charge in [0.05, 0.1) is 11.4 Å². The van der Waals surface area contributed by atoms with Crippen molar-refractivity contribution >= 4 is 34.0 Å². The van der Waals surface area contributed by atoms with Crippen molar-refractivity contribution in [3.63, 3.8) is 0 Å². The van der Waals surface area contributed by atoms with Crippen molar-refractivity contribution in [1.29, 1.82) is 0 Å². The van der Waals surface area contributed by atoms with Crippen LogP contribution in [0.3, 0.4) is 0 Å².